The van der Waals surface area contributed by atoms with Gasteiger partial charge in [-0.2, -0.15) is 0 Å². The highest BCUT2D eigenvalue weighted by Crippen LogP contribution is 2.48. The molecule has 2 aromatic carbocycles. The van der Waals surface area contributed by atoms with Gasteiger partial charge in [0, 0.05) is 38.0 Å². The van der Waals surface area contributed by atoms with Crippen LogP contribution in [-0.4, -0.2) is 36.7 Å². The van der Waals surface area contributed by atoms with E-state index in [2.05, 4.69) is 64.8 Å². The topological polar surface area (TPSA) is 41.6 Å². The van der Waals surface area contributed by atoms with Crippen molar-refractivity contribution in [3.63, 3.8) is 0 Å². The highest BCUT2D eigenvalue weighted by molar-refractivity contribution is 5.38. The molecule has 1 unspecified atom stereocenters. The van der Waals surface area contributed by atoms with Gasteiger partial charge in [-0.05, 0) is 41.4 Å². The van der Waals surface area contributed by atoms with Gasteiger partial charge in [-0.3, -0.25) is 9.69 Å². The Balaban J connectivity index is 1.20. The Kier molecular flexibility index (Phi) is 4.69. The molecule has 3 aliphatic rings. The maximum atomic E-state index is 11.0. The fraction of sp³-hybridized carbons (Fsp3) is 0.458. The molecule has 0 bridgehead atoms. The fourth-order valence-corrected chi connectivity index (χ4v) is 4.74. The summed E-state index contributed by atoms with van der Waals surface area (Å²) in [6.07, 6.45) is 4.41. The predicted molar refractivity (Wildman–Crippen MR) is 109 cm³/mol. The molecule has 0 amide bonds. The van der Waals surface area contributed by atoms with Crippen molar-refractivity contribution in [2.45, 2.75) is 50.4 Å². The van der Waals surface area contributed by atoms with Crippen LogP contribution in [0.2, 0.25) is 0 Å². The first-order chi connectivity index (χ1) is 13.8. The minimum atomic E-state index is -0.136. The van der Waals surface area contributed by atoms with Crippen LogP contribution in [0.5, 0.6) is 0 Å². The van der Waals surface area contributed by atoms with Gasteiger partial charge in [0.1, 0.15) is 0 Å². The highest BCUT2D eigenvalue weighted by Gasteiger charge is 2.47. The van der Waals surface area contributed by atoms with Gasteiger partial charge in [0.2, 0.25) is 0 Å². The molecule has 4 nitrogen and oxygen atoms in total. The molecule has 0 saturated heterocycles. The van der Waals surface area contributed by atoms with Gasteiger partial charge < -0.3 is 10.1 Å². The van der Waals surface area contributed by atoms with E-state index in [0.29, 0.717) is 23.8 Å². The van der Waals surface area contributed by atoms with Crippen molar-refractivity contribution in [2.75, 3.05) is 13.1 Å². The lowest BCUT2D eigenvalue weighted by molar-refractivity contribution is -0.146. The van der Waals surface area contributed by atoms with Gasteiger partial charge in [0.25, 0.3) is 6.47 Å². The number of nitrogens with zero attached hydrogens (tertiary/aromatic N) is 1. The smallest absolute Gasteiger partial charge is 0.294 e. The van der Waals surface area contributed by atoms with Crippen molar-refractivity contribution in [3.8, 4) is 0 Å². The number of fused-ring (bicyclic) bond motifs is 1. The number of carbonyl (C=O) groups is 1. The Morgan fingerprint density at radius 3 is 2.57 bits per heavy atom. The van der Waals surface area contributed by atoms with Crippen molar-refractivity contribution in [1.29, 1.82) is 0 Å². The van der Waals surface area contributed by atoms with Crippen molar-refractivity contribution in [2.24, 2.45) is 5.41 Å². The molecule has 0 aromatic heterocycles. The molecule has 2 saturated carbocycles. The number of benzene rings is 2. The van der Waals surface area contributed by atoms with Gasteiger partial charge in [-0.25, -0.2) is 0 Å². The standard InChI is InChI=1S/C24H28N2O2/c27-17-28-23-12-19-8-4-5-9-20(19)14-26(23)16-24(10-11-24)15-25-22-13-21(22)18-6-2-1-3-7-18/h1-9,17,21-23,25H,10-16H2/t21?,22-,23+/m0/s1. The minimum Gasteiger partial charge on any atom is -0.448 e. The summed E-state index contributed by atoms with van der Waals surface area (Å²) in [7, 11) is 0. The maximum absolute atomic E-state index is 11.0. The first-order valence-electron chi connectivity index (χ1n) is 10.4. The maximum Gasteiger partial charge on any atom is 0.294 e. The Morgan fingerprint density at radius 2 is 1.82 bits per heavy atom. The third-order valence-electron chi connectivity index (χ3n) is 6.76. The van der Waals surface area contributed by atoms with Crippen molar-refractivity contribution in [3.05, 3.63) is 71.3 Å². The monoisotopic (exact) mass is 376 g/mol. The van der Waals surface area contributed by atoms with E-state index in [1.54, 1.807) is 0 Å². The van der Waals surface area contributed by atoms with E-state index in [9.17, 15) is 4.79 Å². The van der Waals surface area contributed by atoms with Gasteiger partial charge in [-0.15, -0.1) is 0 Å². The van der Waals surface area contributed by atoms with Gasteiger partial charge in [0.15, 0.2) is 6.23 Å². The van der Waals surface area contributed by atoms with Crippen LogP contribution in [-0.2, 0) is 22.5 Å². The number of nitrogens with one attached hydrogen (secondary N) is 1. The van der Waals surface area contributed by atoms with Crippen LogP contribution in [0.4, 0.5) is 0 Å². The van der Waals surface area contributed by atoms with Gasteiger partial charge in [0.05, 0.1) is 0 Å². The number of carbonyl (C=O) groups excluding carboxylic acids is 1. The Bertz CT molecular complexity index is 834. The zero-order valence-corrected chi connectivity index (χ0v) is 16.2. The Hall–Kier alpha value is -2.17. The van der Waals surface area contributed by atoms with Crippen molar-refractivity contribution >= 4 is 6.47 Å². The van der Waals surface area contributed by atoms with E-state index in [1.165, 1.54) is 36.0 Å². The number of ether oxygens (including phenoxy) is 1. The summed E-state index contributed by atoms with van der Waals surface area (Å²) in [5.74, 6) is 0.671. The summed E-state index contributed by atoms with van der Waals surface area (Å²) in [6.45, 7) is 3.53. The first kappa shape index (κ1) is 17.9. The van der Waals surface area contributed by atoms with Gasteiger partial charge >= 0.3 is 0 Å². The van der Waals surface area contributed by atoms with Crippen LogP contribution in [0.3, 0.4) is 0 Å². The molecule has 4 heteroatoms. The van der Waals surface area contributed by atoms with E-state index in [1.807, 2.05) is 0 Å². The van der Waals surface area contributed by atoms with Crippen LogP contribution in [0, 0.1) is 5.41 Å². The van der Waals surface area contributed by atoms with Crippen LogP contribution in [0.15, 0.2) is 54.6 Å². The molecule has 1 N–H and O–H groups in total. The second-order valence-electron chi connectivity index (χ2n) is 8.81. The lowest BCUT2D eigenvalue weighted by Gasteiger charge is -2.37. The first-order valence-corrected chi connectivity index (χ1v) is 10.4. The van der Waals surface area contributed by atoms with Crippen molar-refractivity contribution in [1.82, 2.24) is 10.2 Å². The molecular formula is C24H28N2O2. The molecule has 0 spiro atoms. The van der Waals surface area contributed by atoms with E-state index >= 15 is 0 Å². The van der Waals surface area contributed by atoms with E-state index in [-0.39, 0.29) is 6.23 Å². The third kappa shape index (κ3) is 3.71. The molecule has 2 aromatic rings. The van der Waals surface area contributed by atoms with Gasteiger partial charge in [-0.1, -0.05) is 54.6 Å². The summed E-state index contributed by atoms with van der Waals surface area (Å²) < 4.78 is 5.46. The van der Waals surface area contributed by atoms with Crippen LogP contribution >= 0.6 is 0 Å². The summed E-state index contributed by atoms with van der Waals surface area (Å²) in [4.78, 5) is 13.4. The van der Waals surface area contributed by atoms with Crippen LogP contribution in [0.1, 0.15) is 41.9 Å². The molecule has 5 rings (SSSR count). The largest absolute Gasteiger partial charge is 0.448 e. The Labute approximate surface area is 166 Å². The van der Waals surface area contributed by atoms with E-state index in [4.69, 9.17) is 4.74 Å². The van der Waals surface area contributed by atoms with E-state index in [0.717, 1.165) is 26.1 Å². The molecular weight excluding hydrogens is 348 g/mol. The second kappa shape index (κ2) is 7.34. The molecule has 0 radical (unpaired) electrons. The number of hydrogen-bond acceptors (Lipinski definition) is 4. The zero-order chi connectivity index (χ0) is 19.0. The Morgan fingerprint density at radius 1 is 1.07 bits per heavy atom. The molecule has 146 valence electrons. The second-order valence-corrected chi connectivity index (χ2v) is 8.81. The summed E-state index contributed by atoms with van der Waals surface area (Å²) in [6, 6.07) is 20.0. The minimum absolute atomic E-state index is 0.136. The normalized spacial score (nSPS) is 27.6. The zero-order valence-electron chi connectivity index (χ0n) is 16.2. The van der Waals surface area contributed by atoms with E-state index < -0.39 is 0 Å². The van der Waals surface area contributed by atoms with Crippen LogP contribution < -0.4 is 5.32 Å². The van der Waals surface area contributed by atoms with Crippen LogP contribution in [0.25, 0.3) is 0 Å². The average Bonchev–Trinajstić information content (AvgIpc) is 3.64. The summed E-state index contributed by atoms with van der Waals surface area (Å²) >= 11 is 0. The molecule has 1 heterocycles. The quantitative estimate of drug-likeness (QED) is 0.717. The lowest BCUT2D eigenvalue weighted by Crippen LogP contribution is -2.46. The molecule has 1 aliphatic heterocycles. The summed E-state index contributed by atoms with van der Waals surface area (Å²) in [5, 5.41) is 3.83. The predicted octanol–water partition coefficient (Wildman–Crippen LogP) is 3.47. The molecule has 2 fully saturated rings. The number of hydrogen-bond donors (Lipinski definition) is 1. The molecule has 3 atom stereocenters. The summed E-state index contributed by atoms with van der Waals surface area (Å²) in [5.41, 5.74) is 4.46. The molecule has 28 heavy (non-hydrogen) atoms. The number of rotatable bonds is 8. The lowest BCUT2D eigenvalue weighted by atomic mass is 9.96. The third-order valence-corrected chi connectivity index (χ3v) is 6.76. The highest BCUT2D eigenvalue weighted by atomic mass is 16.5. The molecule has 2 aliphatic carbocycles. The fourth-order valence-electron chi connectivity index (χ4n) is 4.74. The average molecular weight is 377 g/mol. The SMILES string of the molecule is O=CO[C@@H]1Cc2ccccc2CN1CC1(CN[C@H]2CC2c2ccccc2)CC1. The van der Waals surface area contributed by atoms with Crippen molar-refractivity contribution < 1.29 is 9.53 Å².